The number of nitrogens with zero attached hydrogens (tertiary/aromatic N) is 1. The molecule has 0 bridgehead atoms. The Labute approximate surface area is 253 Å². The van der Waals surface area contributed by atoms with Gasteiger partial charge in [-0.25, -0.2) is 8.78 Å². The number of benzene rings is 3. The second-order valence-electron chi connectivity index (χ2n) is 11.2. The van der Waals surface area contributed by atoms with Crippen molar-refractivity contribution in [3.05, 3.63) is 94.6 Å². The molecule has 3 aromatic rings. The maximum absolute atomic E-state index is 15.6. The van der Waals surface area contributed by atoms with E-state index < -0.39 is 41.8 Å². The molecule has 2 amide bonds. The van der Waals surface area contributed by atoms with Crippen LogP contribution in [0.3, 0.4) is 0 Å². The van der Waals surface area contributed by atoms with Crippen LogP contribution in [0.5, 0.6) is 0 Å². The van der Waals surface area contributed by atoms with Gasteiger partial charge in [-0.05, 0) is 81.1 Å². The Bertz CT molecular complexity index is 1480. The first kappa shape index (κ1) is 33.1. The highest BCUT2D eigenvalue weighted by molar-refractivity contribution is 5.94. The number of carbonyl (C=O) groups is 2. The fraction of sp³-hybridized carbons (Fsp3) is 0.394. The molecule has 3 aromatic carbocycles. The zero-order valence-corrected chi connectivity index (χ0v) is 24.6. The van der Waals surface area contributed by atoms with Gasteiger partial charge in [0.25, 0.3) is 5.91 Å². The zero-order valence-electron chi connectivity index (χ0n) is 24.6. The number of aryl methyl sites for hydroxylation is 1. The van der Waals surface area contributed by atoms with Crippen molar-refractivity contribution in [3.63, 3.8) is 0 Å². The van der Waals surface area contributed by atoms with Gasteiger partial charge in [0.2, 0.25) is 0 Å². The highest BCUT2D eigenvalue weighted by atomic mass is 19.4. The number of halogens is 5. The number of aliphatic hydroxyl groups is 1. The molecule has 1 aliphatic rings. The summed E-state index contributed by atoms with van der Waals surface area (Å²) in [5.41, 5.74) is 0.0776. The fourth-order valence-electron chi connectivity index (χ4n) is 5.91. The molecule has 1 heterocycles. The third-order valence-electron chi connectivity index (χ3n) is 8.11. The van der Waals surface area contributed by atoms with Crippen molar-refractivity contribution >= 4 is 11.8 Å². The predicted molar refractivity (Wildman–Crippen MR) is 157 cm³/mol. The molecule has 0 radical (unpaired) electrons. The van der Waals surface area contributed by atoms with Gasteiger partial charge < -0.3 is 20.6 Å². The fourth-order valence-corrected chi connectivity index (χ4v) is 5.91. The van der Waals surface area contributed by atoms with E-state index in [0.717, 1.165) is 11.6 Å². The van der Waals surface area contributed by atoms with E-state index in [-0.39, 0.29) is 42.0 Å². The molecular formula is C33H36F5N3O3. The number of likely N-dealkylation sites (tertiary alicyclic amines) is 1. The second-order valence-corrected chi connectivity index (χ2v) is 11.2. The Morgan fingerprint density at radius 2 is 1.75 bits per heavy atom. The van der Waals surface area contributed by atoms with Gasteiger partial charge in [-0.3, -0.25) is 9.59 Å². The first-order chi connectivity index (χ1) is 20.8. The van der Waals surface area contributed by atoms with E-state index >= 15 is 8.78 Å². The van der Waals surface area contributed by atoms with Gasteiger partial charge in [0, 0.05) is 48.8 Å². The van der Waals surface area contributed by atoms with Gasteiger partial charge >= 0.3 is 12.1 Å². The van der Waals surface area contributed by atoms with Crippen LogP contribution in [-0.4, -0.2) is 54.7 Å². The van der Waals surface area contributed by atoms with Crippen molar-refractivity contribution in [1.82, 2.24) is 15.5 Å². The van der Waals surface area contributed by atoms with Gasteiger partial charge in [-0.1, -0.05) is 35.9 Å². The standard InChI is InChI=1S/C33H36F5N3O3/c1-21-9-14-27(34)25(18-21)29-26(7-3-8-28(29)35)32(44,15-5-16-40-31(43)33(36,37)38)24-6-4-17-41(20-24)30(42)23-12-10-22(11-13-23)19-39-2/h3,7-14,18,24,39,44H,4-6,15-17,19-20H2,1-2H3,(H,40,43)/t24-,32+/m1/s1. The quantitative estimate of drug-likeness (QED) is 0.197. The van der Waals surface area contributed by atoms with Crippen molar-refractivity contribution in [3.8, 4) is 11.1 Å². The first-order valence-electron chi connectivity index (χ1n) is 14.5. The number of nitrogens with one attached hydrogen (secondary N) is 2. The number of hydrogen-bond acceptors (Lipinski definition) is 4. The van der Waals surface area contributed by atoms with Crippen LogP contribution in [-0.2, 0) is 16.9 Å². The Hall–Kier alpha value is -3.83. The van der Waals surface area contributed by atoms with E-state index in [1.807, 2.05) is 24.5 Å². The predicted octanol–water partition coefficient (Wildman–Crippen LogP) is 5.86. The van der Waals surface area contributed by atoms with Crippen LogP contribution in [0.4, 0.5) is 22.0 Å². The summed E-state index contributed by atoms with van der Waals surface area (Å²) in [6.45, 7) is 2.43. The van der Waals surface area contributed by atoms with Crippen LogP contribution < -0.4 is 10.6 Å². The van der Waals surface area contributed by atoms with Gasteiger partial charge in [0.05, 0.1) is 5.60 Å². The summed E-state index contributed by atoms with van der Waals surface area (Å²) in [4.78, 5) is 26.5. The van der Waals surface area contributed by atoms with Crippen LogP contribution >= 0.6 is 0 Å². The molecule has 1 aliphatic heterocycles. The lowest BCUT2D eigenvalue weighted by Gasteiger charge is -2.43. The minimum atomic E-state index is -5.07. The summed E-state index contributed by atoms with van der Waals surface area (Å²) >= 11 is 0. The molecule has 3 N–H and O–H groups in total. The van der Waals surface area contributed by atoms with Crippen molar-refractivity contribution in [2.75, 3.05) is 26.7 Å². The van der Waals surface area contributed by atoms with Crippen molar-refractivity contribution in [2.45, 2.75) is 50.9 Å². The van der Waals surface area contributed by atoms with Gasteiger partial charge in [-0.15, -0.1) is 0 Å². The second kappa shape index (κ2) is 13.9. The molecule has 0 aliphatic carbocycles. The van der Waals surface area contributed by atoms with E-state index in [9.17, 15) is 27.9 Å². The van der Waals surface area contributed by atoms with E-state index in [0.29, 0.717) is 37.1 Å². The molecule has 0 spiro atoms. The number of carbonyl (C=O) groups excluding carboxylic acids is 2. The summed E-state index contributed by atoms with van der Waals surface area (Å²) < 4.78 is 69.0. The summed E-state index contributed by atoms with van der Waals surface area (Å²) in [6.07, 6.45) is -4.42. The molecule has 4 rings (SSSR count). The SMILES string of the molecule is CNCc1ccc(C(=O)N2CCC[C@@H]([C@@](O)(CCCNC(=O)C(F)(F)F)c3cccc(F)c3-c3cc(C)ccc3F)C2)cc1. The lowest BCUT2D eigenvalue weighted by Crippen LogP contribution is -2.48. The largest absolute Gasteiger partial charge is 0.471 e. The third-order valence-corrected chi connectivity index (χ3v) is 8.11. The Morgan fingerprint density at radius 1 is 1.02 bits per heavy atom. The van der Waals surface area contributed by atoms with E-state index in [4.69, 9.17) is 0 Å². The van der Waals surface area contributed by atoms with Crippen LogP contribution in [0.2, 0.25) is 0 Å². The van der Waals surface area contributed by atoms with Crippen molar-refractivity contribution < 1.29 is 36.6 Å². The van der Waals surface area contributed by atoms with Crippen LogP contribution in [0.15, 0.2) is 60.7 Å². The summed E-state index contributed by atoms with van der Waals surface area (Å²) in [7, 11) is 1.82. The molecule has 6 nitrogen and oxygen atoms in total. The van der Waals surface area contributed by atoms with Crippen molar-refractivity contribution in [2.24, 2.45) is 5.92 Å². The van der Waals surface area contributed by atoms with E-state index in [1.54, 1.807) is 24.0 Å². The molecule has 0 aromatic heterocycles. The minimum absolute atomic E-state index is 0.0627. The monoisotopic (exact) mass is 617 g/mol. The van der Waals surface area contributed by atoms with E-state index in [2.05, 4.69) is 5.32 Å². The molecule has 44 heavy (non-hydrogen) atoms. The Balaban J connectivity index is 1.70. The number of piperidine rings is 1. The molecule has 2 atom stereocenters. The molecular weight excluding hydrogens is 581 g/mol. The molecule has 0 saturated carbocycles. The maximum Gasteiger partial charge on any atom is 0.471 e. The first-order valence-corrected chi connectivity index (χ1v) is 14.5. The Morgan fingerprint density at radius 3 is 2.43 bits per heavy atom. The molecule has 11 heteroatoms. The minimum Gasteiger partial charge on any atom is -0.385 e. The van der Waals surface area contributed by atoms with Gasteiger partial charge in [0.1, 0.15) is 11.6 Å². The molecule has 236 valence electrons. The number of amides is 2. The summed E-state index contributed by atoms with van der Waals surface area (Å²) in [5, 5.41) is 17.3. The van der Waals surface area contributed by atoms with Gasteiger partial charge in [-0.2, -0.15) is 13.2 Å². The van der Waals surface area contributed by atoms with E-state index in [1.165, 1.54) is 30.3 Å². The molecule has 1 saturated heterocycles. The molecule has 0 unspecified atom stereocenters. The van der Waals surface area contributed by atoms with Crippen LogP contribution in [0.25, 0.3) is 11.1 Å². The smallest absolute Gasteiger partial charge is 0.385 e. The average Bonchev–Trinajstić information content (AvgIpc) is 3.00. The Kier molecular flexibility index (Phi) is 10.4. The number of alkyl halides is 3. The van der Waals surface area contributed by atoms with Gasteiger partial charge in [0.15, 0.2) is 0 Å². The number of hydrogen-bond donors (Lipinski definition) is 3. The number of rotatable bonds is 10. The zero-order chi connectivity index (χ0) is 32.1. The highest BCUT2D eigenvalue weighted by Crippen LogP contribution is 2.45. The average molecular weight is 618 g/mol. The highest BCUT2D eigenvalue weighted by Gasteiger charge is 2.44. The normalized spacial score (nSPS) is 16.8. The third kappa shape index (κ3) is 7.44. The summed E-state index contributed by atoms with van der Waals surface area (Å²) in [5.74, 6) is -4.51. The maximum atomic E-state index is 15.6. The summed E-state index contributed by atoms with van der Waals surface area (Å²) in [6, 6.07) is 15.3. The molecule has 1 fully saturated rings. The van der Waals surface area contributed by atoms with Crippen LogP contribution in [0, 0.1) is 24.5 Å². The topological polar surface area (TPSA) is 81.7 Å². The lowest BCUT2D eigenvalue weighted by molar-refractivity contribution is -0.173. The lowest BCUT2D eigenvalue weighted by atomic mass is 9.72. The van der Waals surface area contributed by atoms with Crippen LogP contribution in [0.1, 0.15) is 52.7 Å². The van der Waals surface area contributed by atoms with Crippen molar-refractivity contribution in [1.29, 1.82) is 0 Å².